The Labute approximate surface area is 113 Å². The van der Waals surface area contributed by atoms with Crippen molar-refractivity contribution in [3.63, 3.8) is 0 Å². The molecule has 6 heteroatoms. The van der Waals surface area contributed by atoms with Crippen LogP contribution in [0.4, 0.5) is 0 Å². The Balaban J connectivity index is 2.34. The minimum absolute atomic E-state index is 0.0437. The normalized spacial score (nSPS) is 18.2. The number of aliphatic hydroxyl groups is 1. The number of hydrogen-bond acceptors (Lipinski definition) is 5. The molecule has 0 bridgehead atoms. The molecule has 1 N–H and O–H groups in total. The average Bonchev–Trinajstić information content (AvgIpc) is 2.85. The molecule has 0 radical (unpaired) electrons. The standard InChI is InChI=1S/C13H20N4O2/c1-2-11(9-18)17-13(10-4-7-19-8-5-10)12(3-6-14)15-16-17/h10-11,18H,2-5,7-9H2,1H3. The Morgan fingerprint density at radius 1 is 1.53 bits per heavy atom. The van der Waals surface area contributed by atoms with Crippen molar-refractivity contribution in [3.8, 4) is 6.07 Å². The van der Waals surface area contributed by atoms with Gasteiger partial charge in [-0.2, -0.15) is 5.26 Å². The van der Waals surface area contributed by atoms with Crippen LogP contribution in [0.1, 0.15) is 49.5 Å². The van der Waals surface area contributed by atoms with Crippen LogP contribution in [0, 0.1) is 11.3 Å². The van der Waals surface area contributed by atoms with E-state index < -0.39 is 0 Å². The molecular weight excluding hydrogens is 244 g/mol. The van der Waals surface area contributed by atoms with Gasteiger partial charge in [0.1, 0.15) is 5.69 Å². The summed E-state index contributed by atoms with van der Waals surface area (Å²) in [7, 11) is 0. The number of aromatic nitrogens is 3. The smallest absolute Gasteiger partial charge is 0.100 e. The molecule has 104 valence electrons. The fourth-order valence-electron chi connectivity index (χ4n) is 2.58. The van der Waals surface area contributed by atoms with Gasteiger partial charge in [0.15, 0.2) is 0 Å². The quantitative estimate of drug-likeness (QED) is 0.863. The Bertz CT molecular complexity index is 442. The van der Waals surface area contributed by atoms with E-state index in [2.05, 4.69) is 16.4 Å². The highest BCUT2D eigenvalue weighted by atomic mass is 16.5. The first-order chi connectivity index (χ1) is 9.31. The van der Waals surface area contributed by atoms with Crippen LogP contribution in [-0.4, -0.2) is 39.9 Å². The third-order valence-corrected chi connectivity index (χ3v) is 3.69. The topological polar surface area (TPSA) is 84.0 Å². The Hall–Kier alpha value is -1.45. The van der Waals surface area contributed by atoms with Gasteiger partial charge in [-0.05, 0) is 19.3 Å². The lowest BCUT2D eigenvalue weighted by Crippen LogP contribution is -2.22. The van der Waals surface area contributed by atoms with Crippen LogP contribution in [0.15, 0.2) is 0 Å². The second kappa shape index (κ2) is 6.64. The molecule has 1 atom stereocenters. The molecule has 1 aromatic rings. The van der Waals surface area contributed by atoms with Gasteiger partial charge in [0.25, 0.3) is 0 Å². The summed E-state index contributed by atoms with van der Waals surface area (Å²) < 4.78 is 7.21. The fourth-order valence-corrected chi connectivity index (χ4v) is 2.58. The Kier molecular flexibility index (Phi) is 4.88. The first kappa shape index (κ1) is 14.0. The number of nitriles is 1. The highest BCUT2D eigenvalue weighted by Crippen LogP contribution is 2.31. The van der Waals surface area contributed by atoms with Crippen LogP contribution in [0.5, 0.6) is 0 Å². The highest BCUT2D eigenvalue weighted by molar-refractivity contribution is 5.20. The van der Waals surface area contributed by atoms with Crippen LogP contribution in [0.25, 0.3) is 0 Å². The van der Waals surface area contributed by atoms with E-state index in [0.717, 1.165) is 43.9 Å². The van der Waals surface area contributed by atoms with E-state index in [1.54, 1.807) is 0 Å². The number of hydrogen-bond donors (Lipinski definition) is 1. The first-order valence-corrected chi connectivity index (χ1v) is 6.81. The molecule has 1 saturated heterocycles. The number of ether oxygens (including phenoxy) is 1. The lowest BCUT2D eigenvalue weighted by molar-refractivity contribution is 0.0821. The van der Waals surface area contributed by atoms with Crippen molar-refractivity contribution in [2.24, 2.45) is 0 Å². The predicted octanol–water partition coefficient (Wildman–Crippen LogP) is 1.18. The third-order valence-electron chi connectivity index (χ3n) is 3.69. The Morgan fingerprint density at radius 3 is 2.84 bits per heavy atom. The van der Waals surface area contributed by atoms with Crippen molar-refractivity contribution in [1.82, 2.24) is 15.0 Å². The maximum atomic E-state index is 9.46. The molecule has 0 spiro atoms. The van der Waals surface area contributed by atoms with Crippen LogP contribution in [-0.2, 0) is 11.2 Å². The number of nitrogens with zero attached hydrogens (tertiary/aromatic N) is 4. The molecule has 0 aromatic carbocycles. The molecule has 2 rings (SSSR count). The largest absolute Gasteiger partial charge is 0.394 e. The zero-order valence-electron chi connectivity index (χ0n) is 11.2. The van der Waals surface area contributed by atoms with Crippen LogP contribution >= 0.6 is 0 Å². The molecule has 2 heterocycles. The molecule has 0 aliphatic carbocycles. The fraction of sp³-hybridized carbons (Fsp3) is 0.769. The third kappa shape index (κ3) is 2.94. The summed E-state index contributed by atoms with van der Waals surface area (Å²) >= 11 is 0. The van der Waals surface area contributed by atoms with E-state index in [9.17, 15) is 5.11 Å². The van der Waals surface area contributed by atoms with Gasteiger partial charge < -0.3 is 9.84 Å². The second-order valence-electron chi connectivity index (χ2n) is 4.83. The molecule has 1 fully saturated rings. The molecule has 1 unspecified atom stereocenters. The van der Waals surface area contributed by atoms with Crippen molar-refractivity contribution < 1.29 is 9.84 Å². The average molecular weight is 264 g/mol. The predicted molar refractivity (Wildman–Crippen MR) is 68.5 cm³/mol. The monoisotopic (exact) mass is 264 g/mol. The van der Waals surface area contributed by atoms with Gasteiger partial charge in [0, 0.05) is 19.1 Å². The van der Waals surface area contributed by atoms with E-state index in [-0.39, 0.29) is 19.1 Å². The second-order valence-corrected chi connectivity index (χ2v) is 4.83. The summed E-state index contributed by atoms with van der Waals surface area (Å²) in [5.74, 6) is 0.327. The van der Waals surface area contributed by atoms with E-state index in [1.165, 1.54) is 0 Å². The molecule has 1 aromatic heterocycles. The summed E-state index contributed by atoms with van der Waals surface area (Å²) in [4.78, 5) is 0. The van der Waals surface area contributed by atoms with Crippen molar-refractivity contribution in [2.45, 2.75) is 44.6 Å². The SMILES string of the molecule is CCC(CO)n1nnc(CC#N)c1C1CCOCC1. The number of rotatable bonds is 5. The maximum Gasteiger partial charge on any atom is 0.100 e. The van der Waals surface area contributed by atoms with Crippen LogP contribution < -0.4 is 0 Å². The van der Waals surface area contributed by atoms with E-state index >= 15 is 0 Å². The number of aliphatic hydroxyl groups excluding tert-OH is 1. The van der Waals surface area contributed by atoms with E-state index in [4.69, 9.17) is 10.00 Å². The summed E-state index contributed by atoms with van der Waals surface area (Å²) in [5, 5.41) is 26.7. The highest BCUT2D eigenvalue weighted by Gasteiger charge is 2.27. The van der Waals surface area contributed by atoms with Gasteiger partial charge in [-0.3, -0.25) is 0 Å². The molecular formula is C13H20N4O2. The molecule has 1 aliphatic rings. The zero-order chi connectivity index (χ0) is 13.7. The van der Waals surface area contributed by atoms with Gasteiger partial charge in [-0.1, -0.05) is 12.1 Å². The lowest BCUT2D eigenvalue weighted by atomic mass is 9.93. The van der Waals surface area contributed by atoms with E-state index in [1.807, 2.05) is 11.6 Å². The van der Waals surface area contributed by atoms with Crippen LogP contribution in [0.2, 0.25) is 0 Å². The maximum absolute atomic E-state index is 9.46. The van der Waals surface area contributed by atoms with Gasteiger partial charge in [0.05, 0.1) is 30.8 Å². The summed E-state index contributed by atoms with van der Waals surface area (Å²) in [6, 6.07) is 2.08. The zero-order valence-corrected chi connectivity index (χ0v) is 11.2. The van der Waals surface area contributed by atoms with Crippen LogP contribution in [0.3, 0.4) is 0 Å². The van der Waals surface area contributed by atoms with Crippen molar-refractivity contribution in [3.05, 3.63) is 11.4 Å². The Morgan fingerprint density at radius 2 is 2.26 bits per heavy atom. The van der Waals surface area contributed by atoms with Gasteiger partial charge in [-0.25, -0.2) is 4.68 Å². The summed E-state index contributed by atoms with van der Waals surface area (Å²) in [6.07, 6.45) is 2.91. The van der Waals surface area contributed by atoms with Crippen molar-refractivity contribution >= 4 is 0 Å². The van der Waals surface area contributed by atoms with E-state index in [0.29, 0.717) is 5.92 Å². The summed E-state index contributed by atoms with van der Waals surface area (Å²) in [6.45, 7) is 3.53. The summed E-state index contributed by atoms with van der Waals surface area (Å²) in [5.41, 5.74) is 1.77. The lowest BCUT2D eigenvalue weighted by Gasteiger charge is -2.25. The minimum Gasteiger partial charge on any atom is -0.394 e. The minimum atomic E-state index is -0.0576. The molecule has 19 heavy (non-hydrogen) atoms. The molecule has 1 aliphatic heterocycles. The van der Waals surface area contributed by atoms with Gasteiger partial charge in [-0.15, -0.1) is 5.10 Å². The van der Waals surface area contributed by atoms with Gasteiger partial charge in [0.2, 0.25) is 0 Å². The van der Waals surface area contributed by atoms with Crippen molar-refractivity contribution in [2.75, 3.05) is 19.8 Å². The molecule has 0 amide bonds. The molecule has 0 saturated carbocycles. The molecule has 6 nitrogen and oxygen atoms in total. The van der Waals surface area contributed by atoms with Crippen molar-refractivity contribution in [1.29, 1.82) is 5.26 Å². The van der Waals surface area contributed by atoms with Gasteiger partial charge >= 0.3 is 0 Å². The first-order valence-electron chi connectivity index (χ1n) is 6.81.